The summed E-state index contributed by atoms with van der Waals surface area (Å²) >= 11 is 0. The molecular formula is C23H33N3O3. The van der Waals surface area contributed by atoms with Crippen LogP contribution in [0.5, 0.6) is 0 Å². The Morgan fingerprint density at radius 1 is 1.10 bits per heavy atom. The fourth-order valence-electron chi connectivity index (χ4n) is 5.23. The summed E-state index contributed by atoms with van der Waals surface area (Å²) in [4.78, 5) is 32.5. The molecule has 2 atom stereocenters. The van der Waals surface area contributed by atoms with E-state index in [0.717, 1.165) is 51.0 Å². The quantitative estimate of drug-likeness (QED) is 0.783. The van der Waals surface area contributed by atoms with Crippen molar-refractivity contribution in [2.45, 2.75) is 51.3 Å². The minimum absolute atomic E-state index is 0.00529. The van der Waals surface area contributed by atoms with Crippen molar-refractivity contribution in [2.75, 3.05) is 39.8 Å². The van der Waals surface area contributed by atoms with Gasteiger partial charge in [-0.15, -0.1) is 0 Å². The Balaban J connectivity index is 1.57. The number of likely N-dealkylation sites (tertiary alicyclic amines) is 2. The van der Waals surface area contributed by atoms with Crippen molar-refractivity contribution in [1.82, 2.24) is 14.7 Å². The van der Waals surface area contributed by atoms with Crippen LogP contribution in [0.25, 0.3) is 0 Å². The molecular weight excluding hydrogens is 366 g/mol. The van der Waals surface area contributed by atoms with Gasteiger partial charge in [-0.05, 0) is 64.2 Å². The second-order valence-corrected chi connectivity index (χ2v) is 9.29. The maximum absolute atomic E-state index is 13.6. The number of rotatable bonds is 3. The molecule has 0 bridgehead atoms. The van der Waals surface area contributed by atoms with Crippen LogP contribution in [0.15, 0.2) is 30.3 Å². The van der Waals surface area contributed by atoms with E-state index in [1.807, 2.05) is 54.0 Å². The molecule has 1 aromatic carbocycles. The van der Waals surface area contributed by atoms with Gasteiger partial charge in [0.25, 0.3) is 5.91 Å². The topological polar surface area (TPSA) is 53.1 Å². The summed E-state index contributed by atoms with van der Waals surface area (Å²) in [7, 11) is 2.17. The molecule has 1 aromatic rings. The third kappa shape index (κ3) is 3.92. The molecule has 3 aliphatic rings. The molecule has 2 amide bonds. The average molecular weight is 400 g/mol. The van der Waals surface area contributed by atoms with Gasteiger partial charge in [0.05, 0.1) is 6.04 Å². The lowest BCUT2D eigenvalue weighted by Gasteiger charge is -2.44. The zero-order valence-corrected chi connectivity index (χ0v) is 17.8. The van der Waals surface area contributed by atoms with E-state index in [2.05, 4.69) is 11.9 Å². The van der Waals surface area contributed by atoms with Gasteiger partial charge in [-0.1, -0.05) is 30.3 Å². The van der Waals surface area contributed by atoms with Crippen LogP contribution in [0.3, 0.4) is 0 Å². The van der Waals surface area contributed by atoms with Crippen LogP contribution >= 0.6 is 0 Å². The summed E-state index contributed by atoms with van der Waals surface area (Å²) in [5.74, 6) is -0.0149. The lowest BCUT2D eigenvalue weighted by atomic mass is 9.78. The van der Waals surface area contributed by atoms with Crippen molar-refractivity contribution >= 4 is 11.8 Å². The number of nitrogens with zero attached hydrogens (tertiary/aromatic N) is 3. The summed E-state index contributed by atoms with van der Waals surface area (Å²) < 4.78 is 5.91. The van der Waals surface area contributed by atoms with Crippen LogP contribution in [-0.2, 0) is 14.3 Å². The van der Waals surface area contributed by atoms with E-state index in [1.54, 1.807) is 0 Å². The largest absolute Gasteiger partial charge is 0.356 e. The van der Waals surface area contributed by atoms with Crippen LogP contribution in [-0.4, -0.2) is 78.5 Å². The average Bonchev–Trinajstić information content (AvgIpc) is 3.14. The van der Waals surface area contributed by atoms with E-state index in [4.69, 9.17) is 4.74 Å². The Labute approximate surface area is 173 Å². The van der Waals surface area contributed by atoms with Crippen LogP contribution in [0.2, 0.25) is 0 Å². The predicted octanol–water partition coefficient (Wildman–Crippen LogP) is 2.31. The molecule has 6 heteroatoms. The smallest absolute Gasteiger partial charge is 0.254 e. The Hall–Kier alpha value is -1.92. The summed E-state index contributed by atoms with van der Waals surface area (Å²) in [6, 6.07) is 9.48. The lowest BCUT2D eigenvalue weighted by molar-refractivity contribution is -0.171. The fourth-order valence-corrected chi connectivity index (χ4v) is 5.23. The van der Waals surface area contributed by atoms with E-state index in [0.29, 0.717) is 0 Å². The molecule has 1 spiro atoms. The number of carbonyl (C=O) groups is 2. The van der Waals surface area contributed by atoms with Crippen molar-refractivity contribution in [3.05, 3.63) is 35.9 Å². The minimum atomic E-state index is -0.640. The van der Waals surface area contributed by atoms with Gasteiger partial charge in [-0.3, -0.25) is 9.59 Å². The monoisotopic (exact) mass is 399 g/mol. The van der Waals surface area contributed by atoms with E-state index in [1.165, 1.54) is 0 Å². The van der Waals surface area contributed by atoms with Gasteiger partial charge >= 0.3 is 0 Å². The van der Waals surface area contributed by atoms with Crippen molar-refractivity contribution < 1.29 is 14.3 Å². The SMILES string of the molecule is CC(C)N1C(=O)CO[C@H](C(=O)N2CCC3(CCN(C)CC3)C2)[C@H]1c1ccccc1. The number of hydrogen-bond acceptors (Lipinski definition) is 4. The molecule has 158 valence electrons. The van der Waals surface area contributed by atoms with Crippen LogP contribution in [0.1, 0.15) is 44.7 Å². The fraction of sp³-hybridized carbons (Fsp3) is 0.652. The first-order valence-electron chi connectivity index (χ1n) is 10.9. The van der Waals surface area contributed by atoms with Gasteiger partial charge in [0.2, 0.25) is 5.91 Å². The molecule has 0 radical (unpaired) electrons. The van der Waals surface area contributed by atoms with Crippen molar-refractivity contribution in [3.63, 3.8) is 0 Å². The summed E-state index contributed by atoms with van der Waals surface area (Å²) in [5, 5.41) is 0. The number of carbonyl (C=O) groups excluding carboxylic acids is 2. The maximum atomic E-state index is 13.6. The highest BCUT2D eigenvalue weighted by Gasteiger charge is 2.48. The first-order valence-corrected chi connectivity index (χ1v) is 10.9. The predicted molar refractivity (Wildman–Crippen MR) is 111 cm³/mol. The molecule has 0 aliphatic carbocycles. The highest BCUT2D eigenvalue weighted by atomic mass is 16.5. The molecule has 29 heavy (non-hydrogen) atoms. The van der Waals surface area contributed by atoms with Crippen molar-refractivity contribution in [3.8, 4) is 0 Å². The summed E-state index contributed by atoms with van der Waals surface area (Å²) in [6.07, 6.45) is 2.73. The molecule has 4 rings (SSSR count). The number of piperidine rings is 1. The van der Waals surface area contributed by atoms with E-state index in [-0.39, 0.29) is 35.9 Å². The van der Waals surface area contributed by atoms with Gasteiger partial charge in [0.15, 0.2) is 6.10 Å². The van der Waals surface area contributed by atoms with E-state index >= 15 is 0 Å². The number of benzene rings is 1. The van der Waals surface area contributed by atoms with Gasteiger partial charge < -0.3 is 19.4 Å². The zero-order valence-electron chi connectivity index (χ0n) is 17.8. The molecule has 3 fully saturated rings. The summed E-state index contributed by atoms with van der Waals surface area (Å²) in [5.41, 5.74) is 1.22. The number of ether oxygens (including phenoxy) is 1. The highest BCUT2D eigenvalue weighted by molar-refractivity contribution is 5.87. The maximum Gasteiger partial charge on any atom is 0.254 e. The standard InChI is InChI=1S/C23H33N3O3/c1-17(2)26-19(27)15-29-21(20(26)18-7-5-4-6-8-18)22(28)25-14-11-23(16-25)9-12-24(3)13-10-23/h4-8,17,20-21H,9-16H2,1-3H3/t20-,21+/m1/s1. The normalized spacial score (nSPS) is 27.8. The number of morpholine rings is 1. The summed E-state index contributed by atoms with van der Waals surface area (Å²) in [6.45, 7) is 7.79. The third-order valence-electron chi connectivity index (χ3n) is 7.00. The first-order chi connectivity index (χ1) is 13.9. The van der Waals surface area contributed by atoms with Gasteiger partial charge in [0, 0.05) is 19.1 Å². The minimum Gasteiger partial charge on any atom is -0.356 e. The molecule has 0 N–H and O–H groups in total. The Kier molecular flexibility index (Phi) is 5.67. The van der Waals surface area contributed by atoms with Gasteiger partial charge in [-0.25, -0.2) is 0 Å². The molecule has 3 heterocycles. The molecule has 3 aliphatic heterocycles. The molecule has 0 saturated carbocycles. The zero-order chi connectivity index (χ0) is 20.6. The van der Waals surface area contributed by atoms with Crippen molar-refractivity contribution in [1.29, 1.82) is 0 Å². The van der Waals surface area contributed by atoms with Crippen molar-refractivity contribution in [2.24, 2.45) is 5.41 Å². The highest BCUT2D eigenvalue weighted by Crippen LogP contribution is 2.41. The third-order valence-corrected chi connectivity index (χ3v) is 7.00. The molecule has 0 unspecified atom stereocenters. The lowest BCUT2D eigenvalue weighted by Crippen LogP contribution is -2.56. The van der Waals surface area contributed by atoms with Crippen LogP contribution in [0.4, 0.5) is 0 Å². The van der Waals surface area contributed by atoms with Gasteiger partial charge in [0.1, 0.15) is 6.61 Å². The molecule has 0 aromatic heterocycles. The Bertz CT molecular complexity index is 743. The van der Waals surface area contributed by atoms with E-state index < -0.39 is 6.10 Å². The number of amides is 2. The van der Waals surface area contributed by atoms with Crippen LogP contribution < -0.4 is 0 Å². The second kappa shape index (κ2) is 8.07. The molecule has 6 nitrogen and oxygen atoms in total. The van der Waals surface area contributed by atoms with Crippen LogP contribution in [0, 0.1) is 5.41 Å². The van der Waals surface area contributed by atoms with E-state index in [9.17, 15) is 9.59 Å². The molecule has 3 saturated heterocycles. The second-order valence-electron chi connectivity index (χ2n) is 9.29. The van der Waals surface area contributed by atoms with Gasteiger partial charge in [-0.2, -0.15) is 0 Å². The number of hydrogen-bond donors (Lipinski definition) is 0. The first kappa shape index (κ1) is 20.4. The Morgan fingerprint density at radius 2 is 1.76 bits per heavy atom. The Morgan fingerprint density at radius 3 is 2.41 bits per heavy atom.